The molecule has 158 valence electrons. The van der Waals surface area contributed by atoms with Crippen molar-refractivity contribution < 1.29 is 14.2 Å². The largest absolute Gasteiger partial charge is 0.508 e. The highest BCUT2D eigenvalue weighted by Crippen LogP contribution is 2.50. The van der Waals surface area contributed by atoms with Gasteiger partial charge in [-0.25, -0.2) is 4.39 Å². The number of methoxy groups -OCH3 is 1. The molecule has 2 aliphatic heterocycles. The number of anilines is 2. The van der Waals surface area contributed by atoms with Crippen LogP contribution in [0.1, 0.15) is 30.5 Å². The molecule has 0 bridgehead atoms. The lowest BCUT2D eigenvalue weighted by atomic mass is 9.89. The van der Waals surface area contributed by atoms with Crippen molar-refractivity contribution >= 4 is 17.1 Å². The molecule has 4 nitrogen and oxygen atoms in total. The Morgan fingerprint density at radius 2 is 1.84 bits per heavy atom. The Morgan fingerprint density at radius 1 is 1.06 bits per heavy atom. The van der Waals surface area contributed by atoms with Gasteiger partial charge in [-0.3, -0.25) is 0 Å². The number of phenols is 1. The Balaban J connectivity index is 1.75. The standard InChI is InChI=1S/C26H25FN2O2/c1-15-5-6-16(27)11-22(15)29-14-20-18(19-8-7-17(30)12-24(19)31-4)9-10-21-25(20)23(29)13-26(2,3)28-21/h5-13,28,30H,14H2,1-4H3. The molecule has 0 amide bonds. The van der Waals surface area contributed by atoms with E-state index in [2.05, 4.69) is 42.3 Å². The molecule has 31 heavy (non-hydrogen) atoms. The van der Waals surface area contributed by atoms with Crippen LogP contribution in [0, 0.1) is 12.7 Å². The fourth-order valence-corrected chi connectivity index (χ4v) is 4.71. The molecule has 3 aromatic carbocycles. The van der Waals surface area contributed by atoms with E-state index in [1.165, 1.54) is 6.07 Å². The van der Waals surface area contributed by atoms with Gasteiger partial charge in [0.1, 0.15) is 17.3 Å². The summed E-state index contributed by atoms with van der Waals surface area (Å²) in [5, 5.41) is 13.5. The third-order valence-corrected chi connectivity index (χ3v) is 6.07. The number of aromatic hydroxyl groups is 1. The quantitative estimate of drug-likeness (QED) is 0.543. The van der Waals surface area contributed by atoms with Gasteiger partial charge in [0, 0.05) is 40.8 Å². The van der Waals surface area contributed by atoms with Crippen molar-refractivity contribution in [2.24, 2.45) is 0 Å². The van der Waals surface area contributed by atoms with Crippen LogP contribution in [0.25, 0.3) is 16.8 Å². The van der Waals surface area contributed by atoms with Gasteiger partial charge in [-0.2, -0.15) is 0 Å². The van der Waals surface area contributed by atoms with Crippen LogP contribution in [0.2, 0.25) is 0 Å². The summed E-state index contributed by atoms with van der Waals surface area (Å²) >= 11 is 0. The molecule has 0 fully saturated rings. The number of halogens is 1. The molecule has 0 aromatic heterocycles. The maximum absolute atomic E-state index is 14.2. The zero-order valence-corrected chi connectivity index (χ0v) is 18.1. The molecule has 0 radical (unpaired) electrons. The van der Waals surface area contributed by atoms with Crippen LogP contribution in [0.5, 0.6) is 11.5 Å². The number of hydrogen-bond acceptors (Lipinski definition) is 4. The van der Waals surface area contributed by atoms with Crippen LogP contribution in [0.4, 0.5) is 15.8 Å². The second kappa shape index (κ2) is 6.77. The first kappa shape index (κ1) is 19.5. The molecule has 2 N–H and O–H groups in total. The highest BCUT2D eigenvalue weighted by Gasteiger charge is 2.36. The average molecular weight is 416 g/mol. The van der Waals surface area contributed by atoms with Crippen LogP contribution < -0.4 is 15.0 Å². The van der Waals surface area contributed by atoms with E-state index in [-0.39, 0.29) is 17.1 Å². The Kier molecular flexibility index (Phi) is 4.26. The summed E-state index contributed by atoms with van der Waals surface area (Å²) in [4.78, 5) is 2.20. The molecule has 5 heteroatoms. The fourth-order valence-electron chi connectivity index (χ4n) is 4.71. The molecule has 0 saturated heterocycles. The number of nitrogens with one attached hydrogen (secondary N) is 1. The molecule has 0 aliphatic carbocycles. The van der Waals surface area contributed by atoms with Crippen LogP contribution in [0.3, 0.4) is 0 Å². The van der Waals surface area contributed by atoms with Gasteiger partial charge < -0.3 is 20.1 Å². The van der Waals surface area contributed by atoms with E-state index < -0.39 is 0 Å². The lowest BCUT2D eigenvalue weighted by molar-refractivity contribution is 0.409. The molecule has 2 heterocycles. The Bertz CT molecular complexity index is 1250. The van der Waals surface area contributed by atoms with Crippen LogP contribution in [0.15, 0.2) is 54.6 Å². The average Bonchev–Trinajstić information content (AvgIpc) is 3.09. The molecule has 0 saturated carbocycles. The normalized spacial score (nSPS) is 15.9. The number of ether oxygens (including phenoxy) is 1. The minimum absolute atomic E-state index is 0.163. The van der Waals surface area contributed by atoms with Crippen molar-refractivity contribution in [1.29, 1.82) is 0 Å². The van der Waals surface area contributed by atoms with E-state index in [4.69, 9.17) is 4.74 Å². The third kappa shape index (κ3) is 3.12. The van der Waals surface area contributed by atoms with Gasteiger partial charge >= 0.3 is 0 Å². The molecular weight excluding hydrogens is 391 g/mol. The van der Waals surface area contributed by atoms with Gasteiger partial charge in [0.25, 0.3) is 0 Å². The van der Waals surface area contributed by atoms with Crippen LogP contribution in [-0.2, 0) is 6.54 Å². The van der Waals surface area contributed by atoms with Crippen LogP contribution in [-0.4, -0.2) is 17.8 Å². The predicted molar refractivity (Wildman–Crippen MR) is 123 cm³/mol. The molecule has 3 aromatic rings. The van der Waals surface area contributed by atoms with Gasteiger partial charge in [-0.05, 0) is 73.9 Å². The maximum Gasteiger partial charge on any atom is 0.130 e. The van der Waals surface area contributed by atoms with Gasteiger partial charge in [0.05, 0.1) is 12.6 Å². The number of benzene rings is 3. The lowest BCUT2D eigenvalue weighted by Crippen LogP contribution is -2.33. The minimum Gasteiger partial charge on any atom is -0.508 e. The van der Waals surface area contributed by atoms with Crippen molar-refractivity contribution in [3.8, 4) is 22.6 Å². The highest BCUT2D eigenvalue weighted by molar-refractivity contribution is 5.97. The smallest absolute Gasteiger partial charge is 0.130 e. The Labute approximate surface area is 181 Å². The van der Waals surface area contributed by atoms with E-state index >= 15 is 0 Å². The minimum atomic E-state index is -0.244. The molecule has 0 unspecified atom stereocenters. The first-order valence-corrected chi connectivity index (χ1v) is 10.4. The number of hydrogen-bond donors (Lipinski definition) is 2. The first-order chi connectivity index (χ1) is 14.8. The summed E-state index contributed by atoms with van der Waals surface area (Å²) in [6.07, 6.45) is 2.22. The Morgan fingerprint density at radius 3 is 2.61 bits per heavy atom. The summed E-state index contributed by atoms with van der Waals surface area (Å²) in [5.74, 6) is 0.535. The number of nitrogens with zero attached hydrogens (tertiary/aromatic N) is 1. The fraction of sp³-hybridized carbons (Fsp3) is 0.231. The molecule has 0 spiro atoms. The third-order valence-electron chi connectivity index (χ3n) is 6.07. The van der Waals surface area contributed by atoms with Gasteiger partial charge in [0.2, 0.25) is 0 Å². The van der Waals surface area contributed by atoms with Crippen molar-refractivity contribution in [3.05, 3.63) is 77.1 Å². The van der Waals surface area contributed by atoms with Gasteiger partial charge in [-0.1, -0.05) is 12.1 Å². The molecule has 0 atom stereocenters. The zero-order valence-electron chi connectivity index (χ0n) is 18.1. The summed E-state index contributed by atoms with van der Waals surface area (Å²) in [6.45, 7) is 6.90. The summed E-state index contributed by atoms with van der Waals surface area (Å²) in [5.41, 5.74) is 8.06. The van der Waals surface area contributed by atoms with Gasteiger partial charge in [0.15, 0.2) is 0 Å². The summed E-state index contributed by atoms with van der Waals surface area (Å²) in [7, 11) is 1.60. The number of rotatable bonds is 3. The monoisotopic (exact) mass is 416 g/mol. The van der Waals surface area contributed by atoms with E-state index in [0.29, 0.717) is 12.3 Å². The van der Waals surface area contributed by atoms with E-state index in [1.807, 2.05) is 19.1 Å². The highest BCUT2D eigenvalue weighted by atomic mass is 19.1. The van der Waals surface area contributed by atoms with Crippen molar-refractivity contribution in [3.63, 3.8) is 0 Å². The zero-order chi connectivity index (χ0) is 21.9. The van der Waals surface area contributed by atoms with Gasteiger partial charge in [-0.15, -0.1) is 0 Å². The molecule has 2 aliphatic rings. The van der Waals surface area contributed by atoms with Crippen LogP contribution >= 0.6 is 0 Å². The predicted octanol–water partition coefficient (Wildman–Crippen LogP) is 6.08. The topological polar surface area (TPSA) is 44.7 Å². The summed E-state index contributed by atoms with van der Waals surface area (Å²) in [6, 6.07) is 14.3. The Hall–Kier alpha value is -3.47. The van der Waals surface area contributed by atoms with E-state index in [1.54, 1.807) is 25.3 Å². The van der Waals surface area contributed by atoms with E-state index in [0.717, 1.165) is 44.9 Å². The first-order valence-electron chi connectivity index (χ1n) is 10.4. The SMILES string of the molecule is COc1cc(O)ccc1-c1ccc2c3c1CN(c1cc(F)ccc1C)C3=CC(C)(C)N2. The van der Waals surface area contributed by atoms with Crippen molar-refractivity contribution in [2.75, 3.05) is 17.3 Å². The maximum atomic E-state index is 14.2. The van der Waals surface area contributed by atoms with Crippen molar-refractivity contribution in [2.45, 2.75) is 32.9 Å². The molecule has 5 rings (SSSR count). The van der Waals surface area contributed by atoms with E-state index in [9.17, 15) is 9.50 Å². The summed E-state index contributed by atoms with van der Waals surface area (Å²) < 4.78 is 19.8. The number of aryl methyl sites for hydroxylation is 1. The molecular formula is C26H25FN2O2. The lowest BCUT2D eigenvalue weighted by Gasteiger charge is -2.33. The second-order valence-corrected chi connectivity index (χ2v) is 8.79. The van der Waals surface area contributed by atoms with Crippen molar-refractivity contribution in [1.82, 2.24) is 0 Å². The second-order valence-electron chi connectivity index (χ2n) is 8.79. The number of phenolic OH excluding ortho intramolecular Hbond substituents is 1.